The predicted octanol–water partition coefficient (Wildman–Crippen LogP) is 2.64. The zero-order valence-electron chi connectivity index (χ0n) is 10.8. The summed E-state index contributed by atoms with van der Waals surface area (Å²) in [6.45, 7) is 5.36. The van der Waals surface area contributed by atoms with Crippen LogP contribution < -0.4 is 0 Å². The van der Waals surface area contributed by atoms with Gasteiger partial charge in [-0.3, -0.25) is 4.90 Å². The second-order valence-corrected chi connectivity index (χ2v) is 5.06. The zero-order chi connectivity index (χ0) is 12.4. The molecule has 18 heavy (non-hydrogen) atoms. The van der Waals surface area contributed by atoms with Gasteiger partial charge < -0.3 is 4.57 Å². The number of aryl methyl sites for hydroxylation is 1. The Kier molecular flexibility index (Phi) is 3.15. The highest BCUT2D eigenvalue weighted by atomic mass is 15.3. The predicted molar refractivity (Wildman–Crippen MR) is 72.3 cm³/mol. The average Bonchev–Trinajstić information content (AvgIpc) is 3.02. The smallest absolute Gasteiger partial charge is 0.106 e. The SMILES string of the molecule is Cc1nccn1CN1CCC(c2ccccc2)C1. The number of nitrogens with zero attached hydrogens (tertiary/aromatic N) is 3. The Hall–Kier alpha value is -1.61. The molecule has 0 spiro atoms. The second kappa shape index (κ2) is 4.94. The lowest BCUT2D eigenvalue weighted by molar-refractivity contribution is 0.264. The van der Waals surface area contributed by atoms with Gasteiger partial charge in [0.1, 0.15) is 5.82 Å². The molecule has 1 aromatic heterocycles. The van der Waals surface area contributed by atoms with Crippen molar-refractivity contribution in [3.63, 3.8) is 0 Å². The fourth-order valence-corrected chi connectivity index (χ4v) is 2.73. The first kappa shape index (κ1) is 11.5. The van der Waals surface area contributed by atoms with Crippen molar-refractivity contribution < 1.29 is 0 Å². The van der Waals surface area contributed by atoms with Crippen LogP contribution in [0.2, 0.25) is 0 Å². The largest absolute Gasteiger partial charge is 0.322 e. The number of imidazole rings is 1. The summed E-state index contributed by atoms with van der Waals surface area (Å²) < 4.78 is 2.22. The van der Waals surface area contributed by atoms with Crippen LogP contribution in [0.3, 0.4) is 0 Å². The van der Waals surface area contributed by atoms with Crippen molar-refractivity contribution in [2.45, 2.75) is 25.9 Å². The Morgan fingerprint density at radius 2 is 2.11 bits per heavy atom. The summed E-state index contributed by atoms with van der Waals surface area (Å²) in [6, 6.07) is 10.9. The first-order valence-corrected chi connectivity index (χ1v) is 6.58. The summed E-state index contributed by atoms with van der Waals surface area (Å²) in [4.78, 5) is 6.78. The van der Waals surface area contributed by atoms with Gasteiger partial charge in [-0.15, -0.1) is 0 Å². The molecule has 0 amide bonds. The van der Waals surface area contributed by atoms with Crippen LogP contribution in [0.5, 0.6) is 0 Å². The van der Waals surface area contributed by atoms with Crippen molar-refractivity contribution in [2.24, 2.45) is 0 Å². The molecule has 1 saturated heterocycles. The van der Waals surface area contributed by atoms with Gasteiger partial charge in [0.05, 0.1) is 6.67 Å². The van der Waals surface area contributed by atoms with Crippen LogP contribution in [0.4, 0.5) is 0 Å². The van der Waals surface area contributed by atoms with E-state index in [1.807, 2.05) is 6.20 Å². The van der Waals surface area contributed by atoms with Crippen molar-refractivity contribution >= 4 is 0 Å². The normalized spacial score (nSPS) is 20.4. The maximum atomic E-state index is 4.27. The molecule has 1 fully saturated rings. The maximum Gasteiger partial charge on any atom is 0.106 e. The van der Waals surface area contributed by atoms with E-state index in [1.54, 1.807) is 0 Å². The molecule has 94 valence electrons. The fraction of sp³-hybridized carbons (Fsp3) is 0.400. The molecule has 0 saturated carbocycles. The van der Waals surface area contributed by atoms with Crippen LogP contribution in [0.25, 0.3) is 0 Å². The Bertz CT molecular complexity index is 503. The molecule has 0 bridgehead atoms. The Morgan fingerprint density at radius 3 is 2.83 bits per heavy atom. The first-order chi connectivity index (χ1) is 8.83. The molecule has 0 radical (unpaired) electrons. The van der Waals surface area contributed by atoms with Crippen molar-refractivity contribution in [3.8, 4) is 0 Å². The highest BCUT2D eigenvalue weighted by Gasteiger charge is 2.23. The molecule has 3 heteroatoms. The van der Waals surface area contributed by atoms with Crippen LogP contribution in [-0.4, -0.2) is 27.5 Å². The van der Waals surface area contributed by atoms with E-state index < -0.39 is 0 Å². The monoisotopic (exact) mass is 241 g/mol. The number of hydrogen-bond acceptors (Lipinski definition) is 2. The van der Waals surface area contributed by atoms with Gasteiger partial charge >= 0.3 is 0 Å². The minimum absolute atomic E-state index is 0.690. The summed E-state index contributed by atoms with van der Waals surface area (Å²) in [5.74, 6) is 1.79. The van der Waals surface area contributed by atoms with Gasteiger partial charge in [-0.25, -0.2) is 4.98 Å². The second-order valence-electron chi connectivity index (χ2n) is 5.06. The van der Waals surface area contributed by atoms with Crippen LogP contribution in [-0.2, 0) is 6.67 Å². The summed E-state index contributed by atoms with van der Waals surface area (Å²) in [5.41, 5.74) is 1.47. The Morgan fingerprint density at radius 1 is 1.28 bits per heavy atom. The number of rotatable bonds is 3. The number of aromatic nitrogens is 2. The summed E-state index contributed by atoms with van der Waals surface area (Å²) in [5, 5.41) is 0. The molecule has 1 aliphatic rings. The third-order valence-corrected chi connectivity index (χ3v) is 3.82. The minimum Gasteiger partial charge on any atom is -0.322 e. The molecule has 2 aromatic rings. The molecule has 1 atom stereocenters. The van der Waals surface area contributed by atoms with Gasteiger partial charge in [0, 0.05) is 25.5 Å². The van der Waals surface area contributed by atoms with E-state index >= 15 is 0 Å². The Balaban J connectivity index is 1.64. The molecule has 0 aliphatic carbocycles. The lowest BCUT2D eigenvalue weighted by atomic mass is 9.99. The highest BCUT2D eigenvalue weighted by molar-refractivity contribution is 5.20. The summed E-state index contributed by atoms with van der Waals surface area (Å²) in [6.07, 6.45) is 5.20. The minimum atomic E-state index is 0.690. The molecule has 1 aliphatic heterocycles. The highest BCUT2D eigenvalue weighted by Crippen LogP contribution is 2.27. The average molecular weight is 241 g/mol. The third kappa shape index (κ3) is 2.31. The fourth-order valence-electron chi connectivity index (χ4n) is 2.73. The number of likely N-dealkylation sites (tertiary alicyclic amines) is 1. The molecule has 0 N–H and O–H groups in total. The van der Waals surface area contributed by atoms with E-state index in [1.165, 1.54) is 18.5 Å². The number of hydrogen-bond donors (Lipinski definition) is 0. The molecular formula is C15H19N3. The maximum absolute atomic E-state index is 4.27. The summed E-state index contributed by atoms with van der Waals surface area (Å²) >= 11 is 0. The Labute approximate surface area is 108 Å². The molecule has 3 nitrogen and oxygen atoms in total. The van der Waals surface area contributed by atoms with E-state index in [4.69, 9.17) is 0 Å². The third-order valence-electron chi connectivity index (χ3n) is 3.82. The topological polar surface area (TPSA) is 21.1 Å². The van der Waals surface area contributed by atoms with E-state index in [0.29, 0.717) is 5.92 Å². The van der Waals surface area contributed by atoms with Crippen LogP contribution in [0.1, 0.15) is 23.7 Å². The molecule has 1 unspecified atom stereocenters. The van der Waals surface area contributed by atoms with Gasteiger partial charge in [0.25, 0.3) is 0 Å². The van der Waals surface area contributed by atoms with E-state index in [9.17, 15) is 0 Å². The lowest BCUT2D eigenvalue weighted by Gasteiger charge is -2.17. The molecule has 3 rings (SSSR count). The van der Waals surface area contributed by atoms with Crippen LogP contribution >= 0.6 is 0 Å². The van der Waals surface area contributed by atoms with Crippen LogP contribution in [0, 0.1) is 6.92 Å². The van der Waals surface area contributed by atoms with Crippen molar-refractivity contribution in [3.05, 3.63) is 54.1 Å². The van der Waals surface area contributed by atoms with Gasteiger partial charge in [0.2, 0.25) is 0 Å². The van der Waals surface area contributed by atoms with Crippen LogP contribution in [0.15, 0.2) is 42.7 Å². The van der Waals surface area contributed by atoms with Crippen molar-refractivity contribution in [1.29, 1.82) is 0 Å². The summed E-state index contributed by atoms with van der Waals surface area (Å²) in [7, 11) is 0. The van der Waals surface area contributed by atoms with Crippen molar-refractivity contribution in [2.75, 3.05) is 13.1 Å². The van der Waals surface area contributed by atoms with Gasteiger partial charge in [0.15, 0.2) is 0 Å². The van der Waals surface area contributed by atoms with E-state index in [0.717, 1.165) is 19.0 Å². The van der Waals surface area contributed by atoms with Gasteiger partial charge in [-0.2, -0.15) is 0 Å². The van der Waals surface area contributed by atoms with Gasteiger partial charge in [-0.05, 0) is 24.8 Å². The first-order valence-electron chi connectivity index (χ1n) is 6.58. The lowest BCUT2D eigenvalue weighted by Crippen LogP contribution is -2.24. The molecule has 1 aromatic carbocycles. The molecule has 2 heterocycles. The standard InChI is InChI=1S/C15H19N3/c1-13-16-8-10-18(13)12-17-9-7-15(11-17)14-5-3-2-4-6-14/h2-6,8,10,15H,7,9,11-12H2,1H3. The zero-order valence-corrected chi connectivity index (χ0v) is 10.8. The molecular weight excluding hydrogens is 222 g/mol. The van der Waals surface area contributed by atoms with Crippen molar-refractivity contribution in [1.82, 2.24) is 14.5 Å². The van der Waals surface area contributed by atoms with E-state index in [2.05, 4.69) is 57.9 Å². The van der Waals surface area contributed by atoms with Gasteiger partial charge in [-0.1, -0.05) is 30.3 Å². The quantitative estimate of drug-likeness (QED) is 0.823. The van der Waals surface area contributed by atoms with E-state index in [-0.39, 0.29) is 0 Å². The number of benzene rings is 1.